The van der Waals surface area contributed by atoms with Crippen LogP contribution in [0.5, 0.6) is 5.75 Å². The van der Waals surface area contributed by atoms with Crippen LogP contribution < -0.4 is 20.5 Å². The van der Waals surface area contributed by atoms with Gasteiger partial charge in [-0.1, -0.05) is 0 Å². The molecule has 3 rings (SSSR count). The first-order chi connectivity index (χ1) is 15.5. The summed E-state index contributed by atoms with van der Waals surface area (Å²) in [5.74, 6) is -0.146. The number of aryl methyl sites for hydroxylation is 2. The average Bonchev–Trinajstić information content (AvgIpc) is 3.06. The lowest BCUT2D eigenvalue weighted by atomic mass is 10.2. The molecule has 33 heavy (non-hydrogen) atoms. The molecular weight excluding hydrogens is 467 g/mol. The van der Waals surface area contributed by atoms with Crippen LogP contribution in [0.4, 0.5) is 13.2 Å². The van der Waals surface area contributed by atoms with E-state index in [0.717, 1.165) is 49.4 Å². The summed E-state index contributed by atoms with van der Waals surface area (Å²) in [6.07, 6.45) is -1.78. The van der Waals surface area contributed by atoms with Crippen molar-refractivity contribution in [2.45, 2.75) is 56.5 Å². The SMILES string of the molecule is O=C(CCNS(=O)(=O)c1ccc(OC(F)(F)F)cc1)NCCCn1nc2n(c1=O)CCCC2. The summed E-state index contributed by atoms with van der Waals surface area (Å²) >= 11 is 0. The molecule has 0 atom stereocenters. The second-order valence-corrected chi connectivity index (χ2v) is 9.17. The molecule has 0 saturated carbocycles. The van der Waals surface area contributed by atoms with Crippen molar-refractivity contribution in [3.63, 3.8) is 0 Å². The van der Waals surface area contributed by atoms with Gasteiger partial charge in [0.2, 0.25) is 15.9 Å². The number of sulfonamides is 1. The first-order valence-corrected chi connectivity index (χ1v) is 11.8. The number of amides is 1. The quantitative estimate of drug-likeness (QED) is 0.481. The highest BCUT2D eigenvalue weighted by Gasteiger charge is 2.31. The van der Waals surface area contributed by atoms with Crippen LogP contribution in [0.2, 0.25) is 0 Å². The van der Waals surface area contributed by atoms with Crippen molar-refractivity contribution in [2.75, 3.05) is 13.1 Å². The van der Waals surface area contributed by atoms with Crippen LogP contribution in [-0.4, -0.2) is 48.1 Å². The number of carbonyl (C=O) groups excluding carboxylic acids is 1. The smallest absolute Gasteiger partial charge is 0.406 e. The Kier molecular flexibility index (Phi) is 7.79. The van der Waals surface area contributed by atoms with E-state index < -0.39 is 22.1 Å². The lowest BCUT2D eigenvalue weighted by Crippen LogP contribution is -2.32. The standard InChI is InChI=1S/C19H24F3N5O5S/c20-19(21,22)32-14-5-7-15(8-6-14)33(30,31)24-11-9-17(28)23-10-3-13-27-18(29)26-12-2-1-4-16(26)25-27/h5-8,24H,1-4,9-13H2,(H,23,28). The van der Waals surface area contributed by atoms with Gasteiger partial charge in [-0.25, -0.2) is 22.6 Å². The molecule has 1 amide bonds. The maximum absolute atomic E-state index is 12.2. The van der Waals surface area contributed by atoms with E-state index in [1.54, 1.807) is 4.57 Å². The Hall–Kier alpha value is -2.87. The van der Waals surface area contributed by atoms with Gasteiger partial charge in [-0.05, 0) is 43.5 Å². The van der Waals surface area contributed by atoms with Crippen LogP contribution in [-0.2, 0) is 34.3 Å². The highest BCUT2D eigenvalue weighted by atomic mass is 32.2. The fourth-order valence-electron chi connectivity index (χ4n) is 3.34. The Bertz CT molecular complexity index is 1130. The summed E-state index contributed by atoms with van der Waals surface area (Å²) in [6.45, 7) is 1.13. The second kappa shape index (κ2) is 10.4. The number of fused-ring (bicyclic) bond motifs is 1. The number of halogens is 3. The zero-order chi connectivity index (χ0) is 24.1. The molecule has 0 fully saturated rings. The molecule has 2 aromatic rings. The number of aromatic nitrogens is 3. The van der Waals surface area contributed by atoms with E-state index in [1.807, 2.05) is 0 Å². The number of hydrogen-bond acceptors (Lipinski definition) is 6. The molecule has 1 aliphatic heterocycles. The minimum absolute atomic E-state index is 0.132. The van der Waals surface area contributed by atoms with Crippen LogP contribution in [0.3, 0.4) is 0 Å². The van der Waals surface area contributed by atoms with Crippen molar-refractivity contribution in [1.82, 2.24) is 24.4 Å². The molecule has 10 nitrogen and oxygen atoms in total. The first-order valence-electron chi connectivity index (χ1n) is 10.3. The van der Waals surface area contributed by atoms with Crippen LogP contribution >= 0.6 is 0 Å². The summed E-state index contributed by atoms with van der Waals surface area (Å²) < 4.78 is 69.9. The van der Waals surface area contributed by atoms with Crippen molar-refractivity contribution in [3.05, 3.63) is 40.6 Å². The molecule has 182 valence electrons. The number of rotatable bonds is 10. The van der Waals surface area contributed by atoms with Crippen molar-refractivity contribution in [3.8, 4) is 5.75 Å². The normalized spacial score (nSPS) is 14.0. The third kappa shape index (κ3) is 7.05. The fourth-order valence-corrected chi connectivity index (χ4v) is 4.37. The van der Waals surface area contributed by atoms with Crippen LogP contribution in [0.15, 0.2) is 34.0 Å². The van der Waals surface area contributed by atoms with Gasteiger partial charge in [0.25, 0.3) is 0 Å². The van der Waals surface area contributed by atoms with Gasteiger partial charge >= 0.3 is 12.1 Å². The van der Waals surface area contributed by atoms with E-state index in [4.69, 9.17) is 0 Å². The van der Waals surface area contributed by atoms with E-state index in [9.17, 15) is 31.2 Å². The van der Waals surface area contributed by atoms with Gasteiger partial charge in [0.15, 0.2) is 0 Å². The number of carbonyl (C=O) groups is 1. The number of nitrogens with zero attached hydrogens (tertiary/aromatic N) is 3. The van der Waals surface area contributed by atoms with E-state index in [-0.39, 0.29) is 29.5 Å². The van der Waals surface area contributed by atoms with Gasteiger partial charge in [0, 0.05) is 39.0 Å². The zero-order valence-electron chi connectivity index (χ0n) is 17.6. The molecule has 0 unspecified atom stereocenters. The van der Waals surface area contributed by atoms with Gasteiger partial charge < -0.3 is 10.1 Å². The van der Waals surface area contributed by atoms with Gasteiger partial charge in [-0.15, -0.1) is 13.2 Å². The lowest BCUT2D eigenvalue weighted by molar-refractivity contribution is -0.274. The van der Waals surface area contributed by atoms with E-state index in [2.05, 4.69) is 19.9 Å². The van der Waals surface area contributed by atoms with Crippen molar-refractivity contribution < 1.29 is 31.1 Å². The fraction of sp³-hybridized carbons (Fsp3) is 0.526. The minimum atomic E-state index is -4.87. The number of benzene rings is 1. The van der Waals surface area contributed by atoms with Crippen molar-refractivity contribution in [2.24, 2.45) is 0 Å². The van der Waals surface area contributed by atoms with Gasteiger partial charge in [-0.3, -0.25) is 9.36 Å². The molecule has 2 heterocycles. The summed E-state index contributed by atoms with van der Waals surface area (Å²) in [6, 6.07) is 3.71. The molecular formula is C19H24F3N5O5S. The topological polar surface area (TPSA) is 124 Å². The third-order valence-electron chi connectivity index (χ3n) is 4.91. The minimum Gasteiger partial charge on any atom is -0.406 e. The number of hydrogen-bond donors (Lipinski definition) is 2. The van der Waals surface area contributed by atoms with Crippen LogP contribution in [0, 0.1) is 0 Å². The number of nitrogens with one attached hydrogen (secondary N) is 2. The summed E-state index contributed by atoms with van der Waals surface area (Å²) in [7, 11) is -4.00. The Morgan fingerprint density at radius 1 is 1.15 bits per heavy atom. The molecule has 0 radical (unpaired) electrons. The lowest BCUT2D eigenvalue weighted by Gasteiger charge is -2.10. The molecule has 0 spiro atoms. The Labute approximate surface area is 187 Å². The van der Waals surface area contributed by atoms with E-state index in [1.165, 1.54) is 4.68 Å². The summed E-state index contributed by atoms with van der Waals surface area (Å²) in [5.41, 5.74) is -0.150. The number of ether oxygens (including phenoxy) is 1. The summed E-state index contributed by atoms with van der Waals surface area (Å²) in [4.78, 5) is 23.9. The summed E-state index contributed by atoms with van der Waals surface area (Å²) in [5, 5.41) is 6.95. The molecule has 1 aliphatic rings. The Balaban J connectivity index is 1.37. The van der Waals surface area contributed by atoms with E-state index in [0.29, 0.717) is 26.1 Å². The van der Waals surface area contributed by atoms with E-state index >= 15 is 0 Å². The predicted molar refractivity (Wildman–Crippen MR) is 110 cm³/mol. The molecule has 1 aromatic heterocycles. The van der Waals surface area contributed by atoms with Crippen LogP contribution in [0.1, 0.15) is 31.5 Å². The first kappa shape index (κ1) is 24.8. The molecule has 0 saturated heterocycles. The highest BCUT2D eigenvalue weighted by molar-refractivity contribution is 7.89. The predicted octanol–water partition coefficient (Wildman–Crippen LogP) is 1.15. The molecule has 0 aliphatic carbocycles. The Morgan fingerprint density at radius 2 is 1.88 bits per heavy atom. The molecule has 1 aromatic carbocycles. The Morgan fingerprint density at radius 3 is 2.55 bits per heavy atom. The van der Waals surface area contributed by atoms with Crippen molar-refractivity contribution in [1.29, 1.82) is 0 Å². The maximum Gasteiger partial charge on any atom is 0.573 e. The zero-order valence-corrected chi connectivity index (χ0v) is 18.4. The van der Waals surface area contributed by atoms with Gasteiger partial charge in [-0.2, -0.15) is 5.10 Å². The highest BCUT2D eigenvalue weighted by Crippen LogP contribution is 2.23. The second-order valence-electron chi connectivity index (χ2n) is 7.40. The number of alkyl halides is 3. The molecule has 14 heteroatoms. The average molecular weight is 491 g/mol. The monoisotopic (exact) mass is 491 g/mol. The third-order valence-corrected chi connectivity index (χ3v) is 6.39. The van der Waals surface area contributed by atoms with Crippen LogP contribution in [0.25, 0.3) is 0 Å². The van der Waals surface area contributed by atoms with Gasteiger partial charge in [0.05, 0.1) is 4.90 Å². The maximum atomic E-state index is 12.2. The van der Waals surface area contributed by atoms with Crippen molar-refractivity contribution >= 4 is 15.9 Å². The largest absolute Gasteiger partial charge is 0.573 e. The molecule has 0 bridgehead atoms. The molecule has 2 N–H and O–H groups in total. The van der Waals surface area contributed by atoms with Gasteiger partial charge in [0.1, 0.15) is 11.6 Å².